The average molecular weight is 639 g/mol. The summed E-state index contributed by atoms with van der Waals surface area (Å²) < 4.78 is 31.9. The van der Waals surface area contributed by atoms with Gasteiger partial charge in [0.1, 0.15) is 8.55 Å². The number of rotatable bonds is 8. The van der Waals surface area contributed by atoms with Crippen molar-refractivity contribution in [2.45, 2.75) is 10.6 Å². The Bertz CT molecular complexity index is 1570. The highest BCUT2D eigenvalue weighted by Crippen LogP contribution is 2.34. The number of benzene rings is 2. The van der Waals surface area contributed by atoms with E-state index in [1.807, 2.05) is 16.9 Å². The van der Waals surface area contributed by atoms with Crippen molar-refractivity contribution in [1.82, 2.24) is 9.62 Å². The first-order chi connectivity index (χ1) is 19.6. The fraction of sp³-hybridized carbons (Fsp3) is 0.269. The fourth-order valence-corrected chi connectivity index (χ4v) is 7.25. The lowest BCUT2D eigenvalue weighted by Crippen LogP contribution is -2.42. The number of hydrogen-bond acceptors (Lipinski definition) is 9. The van der Waals surface area contributed by atoms with Crippen LogP contribution in [0.2, 0.25) is 9.36 Å². The summed E-state index contributed by atoms with van der Waals surface area (Å²) in [6, 6.07) is 11.4. The van der Waals surface area contributed by atoms with Crippen LogP contribution in [-0.4, -0.2) is 70.6 Å². The fourth-order valence-electron chi connectivity index (χ4n) is 4.46. The van der Waals surface area contributed by atoms with Gasteiger partial charge in [0, 0.05) is 43.1 Å². The van der Waals surface area contributed by atoms with Gasteiger partial charge in [-0.3, -0.25) is 14.5 Å². The minimum Gasteiger partial charge on any atom is -0.384 e. The number of carbonyl (C=O) groups is 3. The first-order valence-corrected chi connectivity index (χ1v) is 15.6. The minimum absolute atomic E-state index is 0.0527. The zero-order valence-corrected chi connectivity index (χ0v) is 24.6. The van der Waals surface area contributed by atoms with Crippen LogP contribution in [0.1, 0.15) is 15.9 Å². The third-order valence-corrected chi connectivity index (χ3v) is 10.2. The molecule has 5 rings (SSSR count). The molecular formula is C26H25Cl2N5O6S2. The second-order valence-corrected chi connectivity index (χ2v) is 13.2. The summed E-state index contributed by atoms with van der Waals surface area (Å²) >= 11 is 12.3. The van der Waals surface area contributed by atoms with Gasteiger partial charge in [-0.05, 0) is 54.1 Å². The zero-order valence-electron chi connectivity index (χ0n) is 21.5. The number of urea groups is 1. The maximum absolute atomic E-state index is 13.2. The summed E-state index contributed by atoms with van der Waals surface area (Å²) in [7, 11) is -4.18. The molecule has 3 heterocycles. The summed E-state index contributed by atoms with van der Waals surface area (Å²) in [4.78, 5) is 41.9. The number of amides is 4. The van der Waals surface area contributed by atoms with E-state index in [1.165, 1.54) is 24.3 Å². The summed E-state index contributed by atoms with van der Waals surface area (Å²) in [6.45, 7) is 4.87. The van der Waals surface area contributed by atoms with Gasteiger partial charge < -0.3 is 15.4 Å². The number of thiophene rings is 1. The Morgan fingerprint density at radius 1 is 1.00 bits per heavy atom. The van der Waals surface area contributed by atoms with E-state index in [-0.39, 0.29) is 31.6 Å². The maximum atomic E-state index is 13.2. The number of halogens is 2. The van der Waals surface area contributed by atoms with E-state index in [0.29, 0.717) is 28.2 Å². The number of sulfonamides is 1. The normalized spacial score (nSPS) is 15.9. The molecule has 1 fully saturated rings. The van der Waals surface area contributed by atoms with Gasteiger partial charge in [-0.1, -0.05) is 23.2 Å². The number of nitrogens with one attached hydrogen (secondary N) is 3. The molecule has 11 nitrogen and oxygen atoms in total. The molecule has 15 heteroatoms. The molecule has 0 spiro atoms. The Kier molecular flexibility index (Phi) is 8.82. The number of nitrogens with zero attached hydrogens (tertiary/aromatic N) is 2. The largest absolute Gasteiger partial charge is 0.384 e. The van der Waals surface area contributed by atoms with Gasteiger partial charge in [0.05, 0.1) is 30.3 Å². The van der Waals surface area contributed by atoms with E-state index in [9.17, 15) is 22.8 Å². The SMILES string of the molecule is O=C(Nc1ccc(N2C(=O)Cc3cc(NCCN4CCOCC4)ccc3C2=O)cc1)NS(=O)(=O)c1cc(Cl)c(Cl)s1. The zero-order chi connectivity index (χ0) is 29.1. The van der Waals surface area contributed by atoms with Crippen LogP contribution >= 0.6 is 34.5 Å². The van der Waals surface area contributed by atoms with Crippen molar-refractivity contribution in [2.24, 2.45) is 0 Å². The molecule has 41 heavy (non-hydrogen) atoms. The van der Waals surface area contributed by atoms with Crippen molar-refractivity contribution in [3.8, 4) is 0 Å². The molecule has 2 aliphatic rings. The number of ether oxygens (including phenoxy) is 1. The van der Waals surface area contributed by atoms with Crippen molar-refractivity contribution in [1.29, 1.82) is 0 Å². The van der Waals surface area contributed by atoms with Crippen molar-refractivity contribution in [3.05, 3.63) is 69.0 Å². The molecule has 0 bridgehead atoms. The Morgan fingerprint density at radius 2 is 1.71 bits per heavy atom. The Labute approximate surface area is 250 Å². The number of morpholine rings is 1. The van der Waals surface area contributed by atoms with Crippen LogP contribution in [0.15, 0.2) is 52.7 Å². The van der Waals surface area contributed by atoms with Gasteiger partial charge >= 0.3 is 6.03 Å². The smallest absolute Gasteiger partial charge is 0.333 e. The lowest BCUT2D eigenvalue weighted by molar-refractivity contribution is -0.117. The summed E-state index contributed by atoms with van der Waals surface area (Å²) in [5, 5.41) is 5.83. The molecular weight excluding hydrogens is 613 g/mol. The van der Waals surface area contributed by atoms with Crippen molar-refractivity contribution in [2.75, 3.05) is 54.9 Å². The van der Waals surface area contributed by atoms with Crippen molar-refractivity contribution >= 4 is 79.5 Å². The molecule has 0 atom stereocenters. The summed E-state index contributed by atoms with van der Waals surface area (Å²) in [6.07, 6.45) is 0.0527. The van der Waals surface area contributed by atoms with Crippen molar-refractivity contribution in [3.63, 3.8) is 0 Å². The topological polar surface area (TPSA) is 137 Å². The Balaban J connectivity index is 1.20. The third kappa shape index (κ3) is 6.83. The Morgan fingerprint density at radius 3 is 2.39 bits per heavy atom. The predicted octanol–water partition coefficient (Wildman–Crippen LogP) is 4.04. The molecule has 4 amide bonds. The van der Waals surface area contributed by atoms with E-state index in [0.717, 1.165) is 56.0 Å². The molecule has 0 radical (unpaired) electrons. The quantitative estimate of drug-likeness (QED) is 0.315. The van der Waals surface area contributed by atoms with Gasteiger partial charge in [0.15, 0.2) is 0 Å². The van der Waals surface area contributed by atoms with E-state index in [2.05, 4.69) is 15.5 Å². The Hall–Kier alpha value is -3.20. The number of carbonyl (C=O) groups excluding carboxylic acids is 3. The predicted molar refractivity (Wildman–Crippen MR) is 158 cm³/mol. The molecule has 0 saturated carbocycles. The first kappa shape index (κ1) is 29.3. The van der Waals surface area contributed by atoms with E-state index >= 15 is 0 Å². The van der Waals surface area contributed by atoms with Crippen LogP contribution in [0.25, 0.3) is 0 Å². The van der Waals surface area contributed by atoms with Crippen molar-refractivity contribution < 1.29 is 27.5 Å². The maximum Gasteiger partial charge on any atom is 0.333 e. The first-order valence-electron chi connectivity index (χ1n) is 12.5. The second-order valence-electron chi connectivity index (χ2n) is 9.26. The molecule has 1 saturated heterocycles. The van der Waals surface area contributed by atoms with Crippen LogP contribution in [0.4, 0.5) is 21.9 Å². The van der Waals surface area contributed by atoms with Crippen LogP contribution in [0, 0.1) is 0 Å². The van der Waals surface area contributed by atoms with E-state index in [1.54, 1.807) is 6.07 Å². The number of imide groups is 1. The van der Waals surface area contributed by atoms with Gasteiger partial charge in [-0.15, -0.1) is 11.3 Å². The molecule has 2 aromatic carbocycles. The van der Waals surface area contributed by atoms with Crippen LogP contribution in [0.5, 0.6) is 0 Å². The lowest BCUT2D eigenvalue weighted by atomic mass is 9.97. The van der Waals surface area contributed by atoms with Crippen LogP contribution < -0.4 is 20.3 Å². The van der Waals surface area contributed by atoms with Gasteiger partial charge in [-0.25, -0.2) is 22.8 Å². The van der Waals surface area contributed by atoms with Gasteiger partial charge in [-0.2, -0.15) is 0 Å². The molecule has 216 valence electrons. The second kappa shape index (κ2) is 12.3. The standard InChI is InChI=1S/C26H25Cl2N5O6S2/c27-21-15-23(40-24(21)28)41(37,38)31-26(36)30-17-1-4-19(5-2-17)33-22(34)14-16-13-18(3-6-20(16)25(33)35)29-7-8-32-9-11-39-12-10-32/h1-6,13,15,29H,7-12,14H2,(H2,30,31,36). The average Bonchev–Trinajstić information content (AvgIpc) is 3.28. The summed E-state index contributed by atoms with van der Waals surface area (Å²) in [5.41, 5.74) is 2.49. The van der Waals surface area contributed by atoms with Gasteiger partial charge in [0.2, 0.25) is 5.91 Å². The third-order valence-electron chi connectivity index (χ3n) is 6.49. The number of fused-ring (bicyclic) bond motifs is 1. The molecule has 1 aromatic heterocycles. The number of hydrogen-bond donors (Lipinski definition) is 3. The molecule has 0 aliphatic carbocycles. The molecule has 0 unspecified atom stereocenters. The van der Waals surface area contributed by atoms with Crippen LogP contribution in [0.3, 0.4) is 0 Å². The van der Waals surface area contributed by atoms with Gasteiger partial charge in [0.25, 0.3) is 15.9 Å². The summed E-state index contributed by atoms with van der Waals surface area (Å²) in [5.74, 6) is -0.834. The lowest BCUT2D eigenvalue weighted by Gasteiger charge is -2.28. The van der Waals surface area contributed by atoms with E-state index < -0.39 is 22.0 Å². The highest BCUT2D eigenvalue weighted by molar-refractivity contribution is 7.92. The highest BCUT2D eigenvalue weighted by Gasteiger charge is 2.32. The van der Waals surface area contributed by atoms with Crippen LogP contribution in [-0.2, 0) is 26.0 Å². The molecule has 2 aliphatic heterocycles. The molecule has 3 aromatic rings. The highest BCUT2D eigenvalue weighted by atomic mass is 35.5. The number of anilines is 3. The minimum atomic E-state index is -4.18. The molecule has 3 N–H and O–H groups in total. The monoisotopic (exact) mass is 637 g/mol. The van der Waals surface area contributed by atoms with E-state index in [4.69, 9.17) is 27.9 Å².